The van der Waals surface area contributed by atoms with E-state index >= 15 is 0 Å². The first-order valence-electron chi connectivity index (χ1n) is 14.3. The molecule has 4 aromatic rings. The molecule has 0 saturated carbocycles. The van der Waals surface area contributed by atoms with Crippen molar-refractivity contribution in [1.29, 1.82) is 0 Å². The lowest BCUT2D eigenvalue weighted by Crippen LogP contribution is -1.92. The third-order valence-electron chi connectivity index (χ3n) is 6.06. The Kier molecular flexibility index (Phi) is 14.4. The Morgan fingerprint density at radius 2 is 0.825 bits per heavy atom. The van der Waals surface area contributed by atoms with E-state index in [2.05, 4.69) is 13.8 Å². The maximum absolute atomic E-state index is 8.80. The molecule has 0 aliphatic heterocycles. The summed E-state index contributed by atoms with van der Waals surface area (Å²) < 4.78 is 33.6. The van der Waals surface area contributed by atoms with Gasteiger partial charge in [0.15, 0.2) is 0 Å². The van der Waals surface area contributed by atoms with Crippen LogP contribution >= 0.6 is 0 Å². The van der Waals surface area contributed by atoms with Gasteiger partial charge in [-0.05, 0) is 67.8 Å². The first kappa shape index (κ1) is 31.5. The number of hydrogen-bond acceptors (Lipinski definition) is 8. The summed E-state index contributed by atoms with van der Waals surface area (Å²) in [5.74, 6) is 6.97. The average Bonchev–Trinajstić information content (AvgIpc) is 3.77. The minimum atomic E-state index is 0.0976. The van der Waals surface area contributed by atoms with Crippen molar-refractivity contribution in [1.82, 2.24) is 0 Å². The molecule has 0 aliphatic carbocycles. The van der Waals surface area contributed by atoms with Crippen molar-refractivity contribution < 1.29 is 37.4 Å². The Morgan fingerprint density at radius 1 is 0.450 bits per heavy atom. The van der Waals surface area contributed by atoms with Crippen molar-refractivity contribution in [2.24, 2.45) is 0 Å². The van der Waals surface area contributed by atoms with Crippen LogP contribution in [0.5, 0.6) is 0 Å². The van der Waals surface area contributed by atoms with E-state index in [1.54, 1.807) is 0 Å². The zero-order valence-corrected chi connectivity index (χ0v) is 23.9. The number of furan rings is 4. The van der Waals surface area contributed by atoms with Crippen LogP contribution in [-0.2, 0) is 61.6 Å². The highest BCUT2D eigenvalue weighted by Crippen LogP contribution is 2.16. The molecule has 4 rings (SSSR count). The zero-order valence-electron chi connectivity index (χ0n) is 23.9. The molecule has 0 spiro atoms. The predicted octanol–water partition coefficient (Wildman–Crippen LogP) is 6.93. The van der Waals surface area contributed by atoms with Crippen LogP contribution in [0.1, 0.15) is 85.6 Å². The van der Waals surface area contributed by atoms with Gasteiger partial charge in [0.1, 0.15) is 72.5 Å². The average molecular weight is 557 g/mol. The monoisotopic (exact) mass is 556 g/mol. The van der Waals surface area contributed by atoms with Crippen molar-refractivity contribution >= 4 is 0 Å². The largest absolute Gasteiger partial charge is 0.464 e. The van der Waals surface area contributed by atoms with Crippen molar-refractivity contribution in [3.05, 3.63) is 94.6 Å². The third-order valence-corrected chi connectivity index (χ3v) is 6.06. The van der Waals surface area contributed by atoms with E-state index < -0.39 is 0 Å². The van der Waals surface area contributed by atoms with E-state index in [-0.39, 0.29) is 13.2 Å². The number of aliphatic hydroxyl groups is 2. The Labute approximate surface area is 236 Å². The van der Waals surface area contributed by atoms with Gasteiger partial charge in [-0.2, -0.15) is 0 Å². The number of rotatable bonds is 18. The lowest BCUT2D eigenvalue weighted by Gasteiger charge is -2.00. The normalized spacial score (nSPS) is 11.1. The van der Waals surface area contributed by atoms with Crippen LogP contribution in [0.4, 0.5) is 0 Å². The fraction of sp³-hybridized carbons (Fsp3) is 0.500. The van der Waals surface area contributed by atoms with E-state index in [1.807, 2.05) is 48.5 Å². The second kappa shape index (κ2) is 18.3. The first-order chi connectivity index (χ1) is 19.6. The molecule has 40 heavy (non-hydrogen) atoms. The van der Waals surface area contributed by atoms with Crippen LogP contribution in [0.2, 0.25) is 0 Å². The zero-order chi connectivity index (χ0) is 28.4. The molecule has 4 heterocycles. The molecule has 8 nitrogen and oxygen atoms in total. The summed E-state index contributed by atoms with van der Waals surface area (Å²) in [4.78, 5) is 0. The molecule has 0 amide bonds. The standard InChI is InChI=1S/C17H24O4.C15H20O4/c1-2-3-5-14-7-9-16(20-14)12-19-13-17-10-8-15(21-17)6-4-11-18;1-2-3-12-4-6-14(18-12)10-17-11-15-7-5-13(19-15)8-9-16/h7-10,18H,2-6,11-13H2,1H3;4-7,16H,2-3,8-11H2,1H3. The molecule has 8 heteroatoms. The molecule has 4 aromatic heterocycles. The third kappa shape index (κ3) is 11.6. The van der Waals surface area contributed by atoms with E-state index in [0.29, 0.717) is 32.8 Å². The Bertz CT molecular complexity index is 1090. The smallest absolute Gasteiger partial charge is 0.129 e. The van der Waals surface area contributed by atoms with Crippen molar-refractivity contribution in [3.8, 4) is 0 Å². The molecular formula is C32H44O8. The highest BCUT2D eigenvalue weighted by Gasteiger charge is 2.06. The van der Waals surface area contributed by atoms with Crippen molar-refractivity contribution in [2.45, 2.75) is 91.6 Å². The molecule has 0 radical (unpaired) electrons. The second-order valence-electron chi connectivity index (χ2n) is 9.61. The molecule has 0 saturated heterocycles. The predicted molar refractivity (Wildman–Crippen MR) is 151 cm³/mol. The molecule has 0 fully saturated rings. The van der Waals surface area contributed by atoms with E-state index in [0.717, 1.165) is 84.6 Å². The fourth-order valence-corrected chi connectivity index (χ4v) is 4.00. The maximum Gasteiger partial charge on any atom is 0.129 e. The van der Waals surface area contributed by atoms with E-state index in [4.69, 9.17) is 37.4 Å². The quantitative estimate of drug-likeness (QED) is 0.136. The van der Waals surface area contributed by atoms with Gasteiger partial charge in [-0.25, -0.2) is 0 Å². The van der Waals surface area contributed by atoms with Crippen LogP contribution in [-0.4, -0.2) is 23.4 Å². The van der Waals surface area contributed by atoms with Gasteiger partial charge in [0.25, 0.3) is 0 Å². The van der Waals surface area contributed by atoms with Crippen LogP contribution in [0.15, 0.2) is 66.2 Å². The fourth-order valence-electron chi connectivity index (χ4n) is 4.00. The van der Waals surface area contributed by atoms with Crippen LogP contribution in [0.25, 0.3) is 0 Å². The SMILES string of the molecule is CCCCc1ccc(COCc2ccc(CCCO)o2)o1.CCCc1ccc(COCc2ccc(CCO)o2)o1. The van der Waals surface area contributed by atoms with Gasteiger partial charge in [0, 0.05) is 32.3 Å². The molecule has 220 valence electrons. The summed E-state index contributed by atoms with van der Waals surface area (Å²) in [6, 6.07) is 15.5. The molecule has 0 unspecified atom stereocenters. The van der Waals surface area contributed by atoms with Gasteiger partial charge in [-0.3, -0.25) is 0 Å². The number of hydrogen-bond donors (Lipinski definition) is 2. The minimum Gasteiger partial charge on any atom is -0.464 e. The van der Waals surface area contributed by atoms with Gasteiger partial charge < -0.3 is 37.4 Å². The van der Waals surface area contributed by atoms with Crippen LogP contribution in [0, 0.1) is 0 Å². The summed E-state index contributed by atoms with van der Waals surface area (Å²) in [7, 11) is 0. The highest BCUT2D eigenvalue weighted by molar-refractivity contribution is 5.09. The van der Waals surface area contributed by atoms with Crippen LogP contribution in [0.3, 0.4) is 0 Å². The maximum atomic E-state index is 8.80. The summed E-state index contributed by atoms with van der Waals surface area (Å²) in [6.07, 6.45) is 7.37. The second-order valence-corrected chi connectivity index (χ2v) is 9.61. The molecule has 2 N–H and O–H groups in total. The van der Waals surface area contributed by atoms with Crippen molar-refractivity contribution in [2.75, 3.05) is 13.2 Å². The van der Waals surface area contributed by atoms with Gasteiger partial charge in [0.2, 0.25) is 0 Å². The van der Waals surface area contributed by atoms with Gasteiger partial charge in [-0.15, -0.1) is 0 Å². The Morgan fingerprint density at radius 3 is 1.20 bits per heavy atom. The molecule has 0 bridgehead atoms. The summed E-state index contributed by atoms with van der Waals surface area (Å²) in [5, 5.41) is 17.6. The van der Waals surface area contributed by atoms with E-state index in [9.17, 15) is 0 Å². The first-order valence-corrected chi connectivity index (χ1v) is 14.3. The number of ether oxygens (including phenoxy) is 2. The summed E-state index contributed by atoms with van der Waals surface area (Å²) >= 11 is 0. The van der Waals surface area contributed by atoms with Crippen molar-refractivity contribution in [3.63, 3.8) is 0 Å². The lowest BCUT2D eigenvalue weighted by atomic mass is 10.2. The molecule has 0 atom stereocenters. The minimum absolute atomic E-state index is 0.0976. The Balaban J connectivity index is 0.000000222. The van der Waals surface area contributed by atoms with Gasteiger partial charge in [0.05, 0.1) is 6.61 Å². The summed E-state index contributed by atoms with van der Waals surface area (Å²) in [6.45, 7) is 6.33. The summed E-state index contributed by atoms with van der Waals surface area (Å²) in [5.41, 5.74) is 0. The lowest BCUT2D eigenvalue weighted by molar-refractivity contribution is 0.0787. The molecular weight excluding hydrogens is 512 g/mol. The number of aliphatic hydroxyl groups excluding tert-OH is 2. The van der Waals surface area contributed by atoms with Gasteiger partial charge >= 0.3 is 0 Å². The topological polar surface area (TPSA) is 111 Å². The Hall–Kier alpha value is -3.04. The number of unbranched alkanes of at least 4 members (excludes halogenated alkanes) is 1. The number of aryl methyl sites for hydroxylation is 3. The molecule has 0 aliphatic rings. The van der Waals surface area contributed by atoms with Crippen LogP contribution < -0.4 is 0 Å². The van der Waals surface area contributed by atoms with Gasteiger partial charge in [-0.1, -0.05) is 20.3 Å². The highest BCUT2D eigenvalue weighted by atomic mass is 16.5. The van der Waals surface area contributed by atoms with E-state index in [1.165, 1.54) is 6.42 Å². The molecule has 0 aromatic carbocycles.